The van der Waals surface area contributed by atoms with Gasteiger partial charge < -0.3 is 24.8 Å². The van der Waals surface area contributed by atoms with Crippen LogP contribution in [0.15, 0.2) is 73.1 Å². The number of nitrogens with one attached hydrogen (secondary N) is 1. The first-order valence-corrected chi connectivity index (χ1v) is 15.5. The predicted molar refractivity (Wildman–Crippen MR) is 172 cm³/mol. The molecule has 0 spiro atoms. The summed E-state index contributed by atoms with van der Waals surface area (Å²) in [6.07, 6.45) is 5.97. The summed E-state index contributed by atoms with van der Waals surface area (Å²) in [6.45, 7) is 8.18. The van der Waals surface area contributed by atoms with Gasteiger partial charge in [-0.05, 0) is 88.2 Å². The van der Waals surface area contributed by atoms with Gasteiger partial charge in [-0.2, -0.15) is 0 Å². The average Bonchev–Trinajstić information content (AvgIpc) is 3.03. The Balaban J connectivity index is 1.61. The average molecular weight is 603 g/mol. The minimum Gasteiger partial charge on any atom is -0.490 e. The highest BCUT2D eigenvalue weighted by atomic mass is 16.5. The van der Waals surface area contributed by atoms with E-state index in [1.165, 1.54) is 5.56 Å². The summed E-state index contributed by atoms with van der Waals surface area (Å²) in [7, 11) is 2.07. The summed E-state index contributed by atoms with van der Waals surface area (Å²) in [6, 6.07) is 17.7. The van der Waals surface area contributed by atoms with Crippen LogP contribution in [0.1, 0.15) is 66.3 Å². The van der Waals surface area contributed by atoms with Crippen molar-refractivity contribution < 1.29 is 24.2 Å². The molecule has 2 heterocycles. The first-order valence-electron chi connectivity index (χ1n) is 15.5. The largest absolute Gasteiger partial charge is 0.490 e. The molecule has 0 radical (unpaired) electrons. The Kier molecular flexibility index (Phi) is 12.3. The number of fused-ring (bicyclic) bond motifs is 1. The first-order chi connectivity index (χ1) is 21.2. The number of hydrogen-bond donors (Lipinski definition) is 2. The molecule has 4 atom stereocenters. The monoisotopic (exact) mass is 602 g/mol. The Morgan fingerprint density at radius 3 is 2.59 bits per heavy atom. The number of aliphatic hydroxyl groups is 1. The van der Waals surface area contributed by atoms with Crippen molar-refractivity contribution in [1.29, 1.82) is 0 Å². The highest BCUT2D eigenvalue weighted by molar-refractivity contribution is 6.05. The standard InChI is InChI=1S/C35H46N4O5/c1-25-21-39(26(2)24-40)35(42)31-20-30(37-34(41)29-11-6-5-7-12-29)13-14-32(31)44-27(3)10-8-9-19-43-33(25)23-38(4)22-28-15-17-36-18-16-28/h5-7,11-18,20,25-27,33,40H,8-10,19,21-24H2,1-4H3,(H,37,41)/t25-,26+,27+,33+/m0/s1. The van der Waals surface area contributed by atoms with Crippen molar-refractivity contribution in [2.45, 2.75) is 64.8 Å². The third kappa shape index (κ3) is 9.35. The molecule has 44 heavy (non-hydrogen) atoms. The van der Waals surface area contributed by atoms with E-state index in [4.69, 9.17) is 9.47 Å². The number of benzene rings is 2. The Hall–Kier alpha value is -3.79. The van der Waals surface area contributed by atoms with Crippen molar-refractivity contribution in [1.82, 2.24) is 14.8 Å². The molecular weight excluding hydrogens is 556 g/mol. The minimum absolute atomic E-state index is 0.0277. The van der Waals surface area contributed by atoms with E-state index in [2.05, 4.69) is 29.2 Å². The van der Waals surface area contributed by atoms with E-state index < -0.39 is 6.04 Å². The van der Waals surface area contributed by atoms with E-state index in [0.717, 1.165) is 25.8 Å². The molecule has 1 aliphatic heterocycles. The van der Waals surface area contributed by atoms with Crippen LogP contribution in [0.2, 0.25) is 0 Å². The van der Waals surface area contributed by atoms with Crippen LogP contribution >= 0.6 is 0 Å². The summed E-state index contributed by atoms with van der Waals surface area (Å²) in [5, 5.41) is 13.1. The lowest BCUT2D eigenvalue weighted by molar-refractivity contribution is -0.0177. The zero-order chi connectivity index (χ0) is 31.5. The molecule has 3 aromatic rings. The van der Waals surface area contributed by atoms with Gasteiger partial charge in [0.1, 0.15) is 5.75 Å². The van der Waals surface area contributed by atoms with Crippen LogP contribution in [0.4, 0.5) is 5.69 Å². The number of ether oxygens (including phenoxy) is 2. The molecule has 4 rings (SSSR count). The van der Waals surface area contributed by atoms with Gasteiger partial charge in [-0.25, -0.2) is 0 Å². The van der Waals surface area contributed by atoms with Gasteiger partial charge in [0.2, 0.25) is 0 Å². The fraction of sp³-hybridized carbons (Fsp3) is 0.457. The van der Waals surface area contributed by atoms with Gasteiger partial charge in [-0.15, -0.1) is 0 Å². The topological polar surface area (TPSA) is 104 Å². The molecule has 0 saturated carbocycles. The summed E-state index contributed by atoms with van der Waals surface area (Å²) < 4.78 is 12.8. The van der Waals surface area contributed by atoms with Crippen LogP contribution in [-0.4, -0.2) is 83.3 Å². The van der Waals surface area contributed by atoms with Crippen molar-refractivity contribution >= 4 is 17.5 Å². The molecule has 2 amide bonds. The molecule has 1 aromatic heterocycles. The second-order valence-corrected chi connectivity index (χ2v) is 11.9. The van der Waals surface area contributed by atoms with E-state index in [1.807, 2.05) is 32.0 Å². The summed E-state index contributed by atoms with van der Waals surface area (Å²) in [5.41, 5.74) is 2.53. The Morgan fingerprint density at radius 2 is 1.86 bits per heavy atom. The lowest BCUT2D eigenvalue weighted by Gasteiger charge is -2.36. The molecule has 9 heteroatoms. The molecule has 2 N–H and O–H groups in total. The quantitative estimate of drug-likeness (QED) is 0.363. The van der Waals surface area contributed by atoms with Gasteiger partial charge in [-0.1, -0.05) is 25.1 Å². The molecule has 236 valence electrons. The van der Waals surface area contributed by atoms with Gasteiger partial charge in [0, 0.05) is 55.8 Å². The van der Waals surface area contributed by atoms with Crippen molar-refractivity contribution in [2.75, 3.05) is 38.7 Å². The van der Waals surface area contributed by atoms with Crippen LogP contribution in [0.25, 0.3) is 0 Å². The van der Waals surface area contributed by atoms with Crippen LogP contribution < -0.4 is 10.1 Å². The van der Waals surface area contributed by atoms with Gasteiger partial charge in [0.15, 0.2) is 0 Å². The molecule has 2 aromatic carbocycles. The smallest absolute Gasteiger partial charge is 0.258 e. The number of hydrogen-bond acceptors (Lipinski definition) is 7. The van der Waals surface area contributed by atoms with Gasteiger partial charge >= 0.3 is 0 Å². The van der Waals surface area contributed by atoms with Crippen LogP contribution in [0, 0.1) is 5.92 Å². The highest BCUT2D eigenvalue weighted by Crippen LogP contribution is 2.29. The number of anilines is 1. The van der Waals surface area contributed by atoms with E-state index >= 15 is 0 Å². The lowest BCUT2D eigenvalue weighted by Crippen LogP contribution is -2.47. The number of rotatable bonds is 8. The second kappa shape index (κ2) is 16.3. The molecular formula is C35H46N4O5. The van der Waals surface area contributed by atoms with Crippen LogP contribution in [-0.2, 0) is 11.3 Å². The maximum absolute atomic E-state index is 14.3. The Labute approximate surface area is 261 Å². The number of aromatic nitrogens is 1. The summed E-state index contributed by atoms with van der Waals surface area (Å²) >= 11 is 0. The van der Waals surface area contributed by atoms with Crippen molar-refractivity contribution in [3.63, 3.8) is 0 Å². The third-order valence-corrected chi connectivity index (χ3v) is 8.04. The third-order valence-electron chi connectivity index (χ3n) is 8.04. The number of amides is 2. The van der Waals surface area contributed by atoms with Crippen molar-refractivity contribution in [2.24, 2.45) is 5.92 Å². The van der Waals surface area contributed by atoms with E-state index in [9.17, 15) is 14.7 Å². The second-order valence-electron chi connectivity index (χ2n) is 11.9. The van der Waals surface area contributed by atoms with E-state index in [1.54, 1.807) is 59.8 Å². The maximum atomic E-state index is 14.3. The molecule has 0 saturated heterocycles. The highest BCUT2D eigenvalue weighted by Gasteiger charge is 2.30. The number of pyridine rings is 1. The fourth-order valence-electron chi connectivity index (χ4n) is 5.43. The number of likely N-dealkylation sites (N-methyl/N-ethyl adjacent to an activating group) is 1. The van der Waals surface area contributed by atoms with Gasteiger partial charge in [-0.3, -0.25) is 19.5 Å². The summed E-state index contributed by atoms with van der Waals surface area (Å²) in [4.78, 5) is 35.3. The normalized spacial score (nSPS) is 20.7. The Bertz CT molecular complexity index is 1340. The van der Waals surface area contributed by atoms with Crippen LogP contribution in [0.5, 0.6) is 5.75 Å². The zero-order valence-electron chi connectivity index (χ0n) is 26.3. The van der Waals surface area contributed by atoms with Crippen molar-refractivity contribution in [3.05, 3.63) is 89.7 Å². The predicted octanol–water partition coefficient (Wildman–Crippen LogP) is 5.26. The molecule has 0 bridgehead atoms. The maximum Gasteiger partial charge on any atom is 0.258 e. The SMILES string of the molecule is C[C@@H]1CCCCO[C@H](CN(C)Cc2ccncc2)[C@@H](C)CN([C@H](C)CO)C(=O)c2cc(NC(=O)c3ccccc3)ccc2O1. The first kappa shape index (κ1) is 33.1. The lowest BCUT2D eigenvalue weighted by atomic mass is 10.0. The minimum atomic E-state index is -0.444. The molecule has 0 unspecified atom stereocenters. The number of nitrogens with zero attached hydrogens (tertiary/aromatic N) is 3. The van der Waals surface area contributed by atoms with E-state index in [-0.39, 0.29) is 36.5 Å². The molecule has 9 nitrogen and oxygen atoms in total. The molecule has 1 aliphatic rings. The fourth-order valence-corrected chi connectivity index (χ4v) is 5.43. The molecule has 0 aliphatic carbocycles. The Morgan fingerprint density at radius 1 is 1.11 bits per heavy atom. The number of aliphatic hydroxyl groups excluding tert-OH is 1. The molecule has 0 fully saturated rings. The van der Waals surface area contributed by atoms with E-state index in [0.29, 0.717) is 42.3 Å². The van der Waals surface area contributed by atoms with Gasteiger partial charge in [0.25, 0.3) is 11.8 Å². The zero-order valence-corrected chi connectivity index (χ0v) is 26.3. The number of carbonyl (C=O) groups is 2. The van der Waals surface area contributed by atoms with Crippen molar-refractivity contribution in [3.8, 4) is 5.75 Å². The van der Waals surface area contributed by atoms with Crippen LogP contribution in [0.3, 0.4) is 0 Å². The number of carbonyl (C=O) groups excluding carboxylic acids is 2. The summed E-state index contributed by atoms with van der Waals surface area (Å²) in [5.74, 6) is -0.0967. The van der Waals surface area contributed by atoms with Gasteiger partial charge in [0.05, 0.1) is 30.4 Å².